The van der Waals surface area contributed by atoms with Gasteiger partial charge >= 0.3 is 0 Å². The molecule has 204 valence electrons. The van der Waals surface area contributed by atoms with E-state index in [1.807, 2.05) is 26.2 Å². The first-order valence-electron chi connectivity index (χ1n) is 11.8. The molecule has 4 aromatic heterocycles. The Bertz CT molecular complexity index is 1630. The van der Waals surface area contributed by atoms with Crippen molar-refractivity contribution in [3.63, 3.8) is 0 Å². The van der Waals surface area contributed by atoms with Crippen LogP contribution in [0.25, 0.3) is 17.1 Å². The van der Waals surface area contributed by atoms with Crippen LogP contribution >= 0.6 is 22.9 Å². The van der Waals surface area contributed by atoms with Gasteiger partial charge in [-0.25, -0.2) is 13.8 Å². The van der Waals surface area contributed by atoms with E-state index < -0.39 is 22.6 Å². The first-order chi connectivity index (χ1) is 18.3. The van der Waals surface area contributed by atoms with Crippen molar-refractivity contribution < 1.29 is 18.3 Å². The Hall–Kier alpha value is -3.70. The Labute approximate surface area is 232 Å². The summed E-state index contributed by atoms with van der Waals surface area (Å²) in [5.74, 6) is -1.70. The van der Waals surface area contributed by atoms with Crippen molar-refractivity contribution in [3.8, 4) is 22.8 Å². The molecule has 4 rings (SSSR count). The number of thiazole rings is 1. The summed E-state index contributed by atoms with van der Waals surface area (Å²) < 4.78 is 34.1. The molecule has 0 N–H and O–H groups in total. The molecule has 12 heteroatoms. The number of rotatable bonds is 7. The van der Waals surface area contributed by atoms with Gasteiger partial charge in [0.05, 0.1) is 28.7 Å². The van der Waals surface area contributed by atoms with Crippen LogP contribution in [0.4, 0.5) is 8.78 Å². The second kappa shape index (κ2) is 10.8. The van der Waals surface area contributed by atoms with E-state index in [1.165, 1.54) is 20.8 Å². The third-order valence-corrected chi connectivity index (χ3v) is 7.62. The van der Waals surface area contributed by atoms with Crippen molar-refractivity contribution in [3.05, 3.63) is 84.9 Å². The van der Waals surface area contributed by atoms with Gasteiger partial charge in [-0.15, -0.1) is 11.3 Å². The predicted molar refractivity (Wildman–Crippen MR) is 146 cm³/mol. The van der Waals surface area contributed by atoms with Gasteiger partial charge in [0.15, 0.2) is 5.82 Å². The van der Waals surface area contributed by atoms with Crippen molar-refractivity contribution in [2.45, 2.75) is 39.7 Å². The number of carbonyl (C=O) groups is 1. The fourth-order valence-electron chi connectivity index (χ4n) is 4.00. The summed E-state index contributed by atoms with van der Waals surface area (Å²) in [6.07, 6.45) is 2.51. The molecule has 4 aromatic rings. The van der Waals surface area contributed by atoms with Crippen LogP contribution in [0.5, 0.6) is 5.75 Å². The van der Waals surface area contributed by atoms with Gasteiger partial charge in [0, 0.05) is 43.5 Å². The fraction of sp³-hybridized carbons (Fsp3) is 0.296. The molecular formula is C27H26ClF2N5O3S. The molecule has 0 saturated carbocycles. The quantitative estimate of drug-likeness (QED) is 0.300. The fourth-order valence-corrected chi connectivity index (χ4v) is 5.13. The van der Waals surface area contributed by atoms with Gasteiger partial charge in [-0.2, -0.15) is 0 Å². The molecule has 39 heavy (non-hydrogen) atoms. The standard InChI is InChI=1S/C27H26ClF2N5O3S/c1-14-10-31-18(20-13-39-25(33-20)27(3,4)26(37)34(5)6)9-21(14)35-15(2)7-22(23(28)24(35)36)38-12-19-17(30)8-16(29)11-32-19/h7-11,13H,12H2,1-6H3. The van der Waals surface area contributed by atoms with E-state index >= 15 is 0 Å². The average Bonchev–Trinajstić information content (AvgIpc) is 3.38. The van der Waals surface area contributed by atoms with Crippen LogP contribution in [0.15, 0.2) is 40.8 Å². The largest absolute Gasteiger partial charge is 0.485 e. The minimum Gasteiger partial charge on any atom is -0.485 e. The molecule has 0 fully saturated rings. The molecule has 0 aliphatic carbocycles. The smallest absolute Gasteiger partial charge is 0.277 e. The first-order valence-corrected chi connectivity index (χ1v) is 13.1. The lowest BCUT2D eigenvalue weighted by Crippen LogP contribution is -2.39. The molecule has 4 heterocycles. The van der Waals surface area contributed by atoms with Crippen LogP contribution in [-0.2, 0) is 16.8 Å². The monoisotopic (exact) mass is 573 g/mol. The number of hydrogen-bond donors (Lipinski definition) is 0. The highest BCUT2D eigenvalue weighted by molar-refractivity contribution is 7.10. The van der Waals surface area contributed by atoms with Crippen molar-refractivity contribution >= 4 is 28.8 Å². The summed E-state index contributed by atoms with van der Waals surface area (Å²) in [5.41, 5.74) is 1.36. The van der Waals surface area contributed by atoms with Crippen LogP contribution < -0.4 is 10.3 Å². The SMILES string of the molecule is Cc1cnc(-c2csc(C(C)(C)C(=O)N(C)C)n2)cc1-n1c(C)cc(OCc2ncc(F)cc2F)c(Cl)c1=O. The first kappa shape index (κ1) is 28.3. The highest BCUT2D eigenvalue weighted by Gasteiger charge is 2.34. The molecule has 0 atom stereocenters. The number of hydrogen-bond acceptors (Lipinski definition) is 7. The maximum absolute atomic E-state index is 14.0. The molecule has 0 unspecified atom stereocenters. The van der Waals surface area contributed by atoms with Crippen molar-refractivity contribution in [1.82, 2.24) is 24.4 Å². The zero-order valence-electron chi connectivity index (χ0n) is 22.2. The van der Waals surface area contributed by atoms with Gasteiger partial charge < -0.3 is 9.64 Å². The Morgan fingerprint density at radius 3 is 2.51 bits per heavy atom. The topological polar surface area (TPSA) is 90.2 Å². The van der Waals surface area contributed by atoms with E-state index in [0.29, 0.717) is 39.4 Å². The Morgan fingerprint density at radius 2 is 1.85 bits per heavy atom. The van der Waals surface area contributed by atoms with Gasteiger partial charge in [0.1, 0.15) is 33.9 Å². The summed E-state index contributed by atoms with van der Waals surface area (Å²) in [6.45, 7) is 6.82. The summed E-state index contributed by atoms with van der Waals surface area (Å²) in [6, 6.07) is 3.99. The Kier molecular flexibility index (Phi) is 7.85. The van der Waals surface area contributed by atoms with Crippen molar-refractivity contribution in [2.24, 2.45) is 0 Å². The number of amides is 1. The second-order valence-corrected chi connectivity index (χ2v) is 10.9. The molecular weight excluding hydrogens is 548 g/mol. The van der Waals surface area contributed by atoms with Crippen LogP contribution in [0, 0.1) is 25.5 Å². The molecule has 0 spiro atoms. The second-order valence-electron chi connectivity index (χ2n) is 9.69. The zero-order valence-corrected chi connectivity index (χ0v) is 23.7. The number of nitrogens with zero attached hydrogens (tertiary/aromatic N) is 5. The van der Waals surface area contributed by atoms with E-state index in [-0.39, 0.29) is 29.0 Å². The summed E-state index contributed by atoms with van der Waals surface area (Å²) in [4.78, 5) is 40.4. The minimum absolute atomic E-state index is 0.0461. The van der Waals surface area contributed by atoms with Gasteiger partial charge in [-0.05, 0) is 39.3 Å². The van der Waals surface area contributed by atoms with Crippen LogP contribution in [0.2, 0.25) is 5.02 Å². The lowest BCUT2D eigenvalue weighted by atomic mass is 9.93. The summed E-state index contributed by atoms with van der Waals surface area (Å²) in [5, 5.41) is 2.26. The zero-order chi connectivity index (χ0) is 28.6. The van der Waals surface area contributed by atoms with Gasteiger partial charge in [-0.1, -0.05) is 11.6 Å². The van der Waals surface area contributed by atoms with Crippen LogP contribution in [0.3, 0.4) is 0 Å². The van der Waals surface area contributed by atoms with Gasteiger partial charge in [-0.3, -0.25) is 24.1 Å². The number of aryl methyl sites for hydroxylation is 2. The summed E-state index contributed by atoms with van der Waals surface area (Å²) >= 11 is 7.74. The number of halogens is 3. The van der Waals surface area contributed by atoms with E-state index in [0.717, 1.165) is 6.20 Å². The van der Waals surface area contributed by atoms with E-state index in [4.69, 9.17) is 16.3 Å². The third kappa shape index (κ3) is 5.55. The number of pyridine rings is 3. The van der Waals surface area contributed by atoms with Crippen LogP contribution in [-0.4, -0.2) is 44.4 Å². The maximum Gasteiger partial charge on any atom is 0.277 e. The normalized spacial score (nSPS) is 11.5. The molecule has 0 radical (unpaired) electrons. The van der Waals surface area contributed by atoms with Crippen molar-refractivity contribution in [1.29, 1.82) is 0 Å². The highest BCUT2D eigenvalue weighted by Crippen LogP contribution is 2.32. The average molecular weight is 574 g/mol. The number of likely N-dealkylation sites (N-methyl/N-ethyl adjacent to an activating group) is 1. The molecule has 8 nitrogen and oxygen atoms in total. The molecule has 0 aliphatic rings. The van der Waals surface area contributed by atoms with Gasteiger partial charge in [0.2, 0.25) is 5.91 Å². The number of ether oxygens (including phenoxy) is 1. The van der Waals surface area contributed by atoms with E-state index in [9.17, 15) is 18.4 Å². The highest BCUT2D eigenvalue weighted by atomic mass is 35.5. The molecule has 0 saturated heterocycles. The molecule has 1 amide bonds. The third-order valence-electron chi connectivity index (χ3n) is 6.11. The molecule has 0 bridgehead atoms. The minimum atomic E-state index is -0.865. The van der Waals surface area contributed by atoms with E-state index in [1.54, 1.807) is 39.3 Å². The lowest BCUT2D eigenvalue weighted by Gasteiger charge is -2.24. The molecule has 0 aliphatic heterocycles. The lowest BCUT2D eigenvalue weighted by molar-refractivity contribution is -0.133. The Balaban J connectivity index is 1.68. The maximum atomic E-state index is 14.0. The number of carbonyl (C=O) groups excluding carboxylic acids is 1. The van der Waals surface area contributed by atoms with Gasteiger partial charge in [0.25, 0.3) is 5.56 Å². The van der Waals surface area contributed by atoms with Crippen LogP contribution in [0.1, 0.15) is 35.8 Å². The Morgan fingerprint density at radius 1 is 1.13 bits per heavy atom. The predicted octanol–water partition coefficient (Wildman–Crippen LogP) is 5.24. The van der Waals surface area contributed by atoms with Crippen molar-refractivity contribution in [2.75, 3.05) is 14.1 Å². The summed E-state index contributed by atoms with van der Waals surface area (Å²) in [7, 11) is 3.40. The molecule has 0 aromatic carbocycles. The van der Waals surface area contributed by atoms with E-state index in [2.05, 4.69) is 15.0 Å². The number of aromatic nitrogens is 4.